The molecule has 0 saturated heterocycles. The summed E-state index contributed by atoms with van der Waals surface area (Å²) in [5.41, 5.74) is 0.339. The summed E-state index contributed by atoms with van der Waals surface area (Å²) in [6.07, 6.45) is -0.649. The number of Topliss-reactive ketones (excluding diaryl/α,β-unsaturated/α-hetero) is 1. The number of fused-ring (bicyclic) bond motifs is 2. The van der Waals surface area contributed by atoms with Crippen LogP contribution in [0.25, 0.3) is 21.9 Å². The summed E-state index contributed by atoms with van der Waals surface area (Å²) in [7, 11) is 0. The van der Waals surface area contributed by atoms with E-state index >= 15 is 0 Å². The van der Waals surface area contributed by atoms with Crippen LogP contribution in [0.15, 0.2) is 45.6 Å². The molecule has 0 aliphatic heterocycles. The molecule has 5 nitrogen and oxygen atoms in total. The molecule has 1 atom stereocenters. The van der Waals surface area contributed by atoms with E-state index in [1.807, 2.05) is 0 Å². The molecule has 0 unspecified atom stereocenters. The Balaban J connectivity index is 2.24. The molecule has 0 saturated carbocycles. The zero-order valence-electron chi connectivity index (χ0n) is 12.1. The molecule has 1 aromatic heterocycles. The van der Waals surface area contributed by atoms with E-state index < -0.39 is 6.10 Å². The van der Waals surface area contributed by atoms with Crippen molar-refractivity contribution in [3.05, 3.63) is 46.6 Å². The van der Waals surface area contributed by atoms with Crippen molar-refractivity contribution in [2.75, 3.05) is 0 Å². The third kappa shape index (κ3) is 2.30. The van der Waals surface area contributed by atoms with Crippen LogP contribution in [0.4, 0.5) is 0 Å². The fourth-order valence-electron chi connectivity index (χ4n) is 2.24. The third-order valence-corrected chi connectivity index (χ3v) is 3.52. The van der Waals surface area contributed by atoms with Gasteiger partial charge in [0.25, 0.3) is 0 Å². The van der Waals surface area contributed by atoms with Crippen molar-refractivity contribution in [3.63, 3.8) is 0 Å². The lowest BCUT2D eigenvalue weighted by atomic mass is 10.1. The highest BCUT2D eigenvalue weighted by Gasteiger charge is 2.15. The second kappa shape index (κ2) is 5.18. The number of carbonyl (C=O) groups is 1. The number of phenolic OH excluding ortho intramolecular Hbond substituents is 1. The van der Waals surface area contributed by atoms with Gasteiger partial charge in [0, 0.05) is 12.1 Å². The highest BCUT2D eigenvalue weighted by Crippen LogP contribution is 2.30. The zero-order valence-corrected chi connectivity index (χ0v) is 12.1. The number of hydrogen-bond acceptors (Lipinski definition) is 5. The average Bonchev–Trinajstić information content (AvgIpc) is 2.46. The molecule has 3 aromatic rings. The fraction of sp³-hybridized carbons (Fsp3) is 0.176. The first-order valence-electron chi connectivity index (χ1n) is 6.83. The van der Waals surface area contributed by atoms with Crippen molar-refractivity contribution < 1.29 is 19.1 Å². The lowest BCUT2D eigenvalue weighted by molar-refractivity contribution is -0.122. The Labute approximate surface area is 125 Å². The van der Waals surface area contributed by atoms with Gasteiger partial charge in [-0.2, -0.15) is 0 Å². The van der Waals surface area contributed by atoms with Gasteiger partial charge in [0.05, 0.1) is 5.39 Å². The molecule has 1 N–H and O–H groups in total. The minimum Gasteiger partial charge on any atom is -0.507 e. The molecule has 0 bridgehead atoms. The Kier molecular flexibility index (Phi) is 3.33. The zero-order chi connectivity index (χ0) is 15.9. The molecular formula is C17H14O5. The summed E-state index contributed by atoms with van der Waals surface area (Å²) in [5, 5.41) is 10.6. The van der Waals surface area contributed by atoms with Gasteiger partial charge in [-0.3, -0.25) is 9.59 Å². The lowest BCUT2D eigenvalue weighted by Crippen LogP contribution is -2.20. The largest absolute Gasteiger partial charge is 0.507 e. The normalized spacial score (nSPS) is 12.5. The molecule has 0 aliphatic carbocycles. The molecule has 5 heteroatoms. The van der Waals surface area contributed by atoms with E-state index in [1.54, 1.807) is 31.2 Å². The smallest absolute Gasteiger partial charge is 0.204 e. The molecule has 2 aromatic carbocycles. The molecule has 0 aliphatic rings. The molecule has 112 valence electrons. The van der Waals surface area contributed by atoms with Crippen LogP contribution < -0.4 is 10.2 Å². The van der Waals surface area contributed by atoms with Gasteiger partial charge in [0.15, 0.2) is 11.9 Å². The Morgan fingerprint density at radius 1 is 1.23 bits per heavy atom. The second-order valence-corrected chi connectivity index (χ2v) is 5.11. The first-order valence-corrected chi connectivity index (χ1v) is 6.83. The standard InChI is InChI=1S/C17H14O5/c1-9(18)10(2)21-11-7-13(19)16-15(8-11)22-14-6-4-3-5-12(14)17(16)20/h3-8,10,19H,1-2H3/t10-/m0/s1. The van der Waals surface area contributed by atoms with E-state index in [0.29, 0.717) is 11.0 Å². The van der Waals surface area contributed by atoms with Crippen LogP contribution in [0.5, 0.6) is 11.5 Å². The van der Waals surface area contributed by atoms with Crippen LogP contribution in [0.2, 0.25) is 0 Å². The van der Waals surface area contributed by atoms with E-state index in [1.165, 1.54) is 19.1 Å². The van der Waals surface area contributed by atoms with Crippen LogP contribution in [0.1, 0.15) is 13.8 Å². The van der Waals surface area contributed by atoms with Gasteiger partial charge >= 0.3 is 0 Å². The van der Waals surface area contributed by atoms with Gasteiger partial charge in [-0.1, -0.05) is 12.1 Å². The van der Waals surface area contributed by atoms with Gasteiger partial charge in [-0.15, -0.1) is 0 Å². The summed E-state index contributed by atoms with van der Waals surface area (Å²) in [6.45, 7) is 3.03. The van der Waals surface area contributed by atoms with Gasteiger partial charge in [-0.25, -0.2) is 0 Å². The number of phenols is 1. The minimum absolute atomic E-state index is 0.0986. The topological polar surface area (TPSA) is 76.7 Å². The van der Waals surface area contributed by atoms with Crippen LogP contribution in [0.3, 0.4) is 0 Å². The van der Waals surface area contributed by atoms with Crippen molar-refractivity contribution >= 4 is 27.7 Å². The molecule has 0 amide bonds. The summed E-state index contributed by atoms with van der Waals surface area (Å²) in [5.74, 6) is -0.103. The van der Waals surface area contributed by atoms with E-state index in [9.17, 15) is 14.7 Å². The molecule has 0 spiro atoms. The predicted molar refractivity (Wildman–Crippen MR) is 82.4 cm³/mol. The maximum Gasteiger partial charge on any atom is 0.204 e. The first kappa shape index (κ1) is 14.1. The van der Waals surface area contributed by atoms with Gasteiger partial charge in [-0.05, 0) is 26.0 Å². The van der Waals surface area contributed by atoms with Gasteiger partial charge < -0.3 is 14.3 Å². The van der Waals surface area contributed by atoms with Crippen molar-refractivity contribution in [3.8, 4) is 11.5 Å². The number of ketones is 1. The monoisotopic (exact) mass is 298 g/mol. The van der Waals surface area contributed by atoms with Gasteiger partial charge in [0.2, 0.25) is 5.43 Å². The maximum atomic E-state index is 12.4. The molecule has 0 fully saturated rings. The maximum absolute atomic E-state index is 12.4. The van der Waals surface area contributed by atoms with Crippen LogP contribution in [-0.4, -0.2) is 17.0 Å². The number of ether oxygens (including phenoxy) is 1. The van der Waals surface area contributed by atoms with E-state index in [-0.39, 0.29) is 33.7 Å². The van der Waals surface area contributed by atoms with Crippen LogP contribution in [-0.2, 0) is 4.79 Å². The van der Waals surface area contributed by atoms with Crippen LogP contribution in [0, 0.1) is 0 Å². The summed E-state index contributed by atoms with van der Waals surface area (Å²) in [6, 6.07) is 9.63. The highest BCUT2D eigenvalue weighted by molar-refractivity contribution is 5.93. The molecule has 22 heavy (non-hydrogen) atoms. The molecule has 1 heterocycles. The Hall–Kier alpha value is -2.82. The first-order chi connectivity index (χ1) is 10.5. The minimum atomic E-state index is -0.649. The number of carbonyl (C=O) groups excluding carboxylic acids is 1. The van der Waals surface area contributed by atoms with Crippen LogP contribution >= 0.6 is 0 Å². The quantitative estimate of drug-likeness (QED) is 0.752. The van der Waals surface area contributed by atoms with E-state index in [2.05, 4.69) is 0 Å². The predicted octanol–water partition coefficient (Wildman–Crippen LogP) is 3.01. The van der Waals surface area contributed by atoms with Crippen molar-refractivity contribution in [2.45, 2.75) is 20.0 Å². The number of benzene rings is 2. The SMILES string of the molecule is CC(=O)[C@H](C)Oc1cc(O)c2c(=O)c3ccccc3oc2c1. The van der Waals surface area contributed by atoms with E-state index in [4.69, 9.17) is 9.15 Å². The average molecular weight is 298 g/mol. The van der Waals surface area contributed by atoms with E-state index in [0.717, 1.165) is 0 Å². The van der Waals surface area contributed by atoms with Crippen molar-refractivity contribution in [1.29, 1.82) is 0 Å². The Bertz CT molecular complexity index is 939. The molecule has 3 rings (SSSR count). The van der Waals surface area contributed by atoms with Crippen molar-refractivity contribution in [1.82, 2.24) is 0 Å². The van der Waals surface area contributed by atoms with Crippen molar-refractivity contribution in [2.24, 2.45) is 0 Å². The molecule has 0 radical (unpaired) electrons. The van der Waals surface area contributed by atoms with Gasteiger partial charge in [0.1, 0.15) is 28.1 Å². The number of hydrogen-bond donors (Lipinski definition) is 1. The fourth-order valence-corrected chi connectivity index (χ4v) is 2.24. The third-order valence-electron chi connectivity index (χ3n) is 3.52. The summed E-state index contributed by atoms with van der Waals surface area (Å²) >= 11 is 0. The number of aromatic hydroxyl groups is 1. The Morgan fingerprint density at radius 3 is 2.68 bits per heavy atom. The summed E-state index contributed by atoms with van der Waals surface area (Å²) in [4.78, 5) is 23.7. The Morgan fingerprint density at radius 2 is 1.95 bits per heavy atom. The molecular weight excluding hydrogens is 284 g/mol. The number of rotatable bonds is 3. The second-order valence-electron chi connectivity index (χ2n) is 5.11. The summed E-state index contributed by atoms with van der Waals surface area (Å²) < 4.78 is 11.1. The highest BCUT2D eigenvalue weighted by atomic mass is 16.5. The number of para-hydroxylation sites is 1. The lowest BCUT2D eigenvalue weighted by Gasteiger charge is -2.12.